The van der Waals surface area contributed by atoms with Crippen LogP contribution in [0.4, 0.5) is 5.69 Å². The molecule has 2 aromatic rings. The number of hydrogen-bond donors (Lipinski definition) is 1. The summed E-state index contributed by atoms with van der Waals surface area (Å²) in [7, 11) is 1.52. The van der Waals surface area contributed by atoms with Crippen molar-refractivity contribution in [2.24, 2.45) is 0 Å². The second-order valence-electron chi connectivity index (χ2n) is 6.17. The number of esters is 1. The number of benzene rings is 2. The van der Waals surface area contributed by atoms with Gasteiger partial charge < -0.3 is 14.8 Å². The monoisotopic (exact) mass is 355 g/mol. The summed E-state index contributed by atoms with van der Waals surface area (Å²) in [5.41, 5.74) is 2.15. The molecule has 2 aromatic carbocycles. The number of ether oxygens (including phenoxy) is 2. The Morgan fingerprint density at radius 2 is 1.81 bits per heavy atom. The zero-order valence-corrected chi connectivity index (χ0v) is 15.6. The van der Waals surface area contributed by atoms with Crippen LogP contribution in [-0.2, 0) is 9.53 Å². The molecule has 2 atom stereocenters. The van der Waals surface area contributed by atoms with Gasteiger partial charge >= 0.3 is 5.97 Å². The summed E-state index contributed by atoms with van der Waals surface area (Å²) >= 11 is 0. The number of carbonyl (C=O) groups excluding carboxylic acids is 2. The Bertz CT molecular complexity index is 772. The van der Waals surface area contributed by atoms with Crippen LogP contribution < -0.4 is 10.1 Å². The molecule has 138 valence electrons. The van der Waals surface area contributed by atoms with E-state index in [1.807, 2.05) is 24.3 Å². The Morgan fingerprint density at radius 3 is 2.50 bits per heavy atom. The fraction of sp³-hybridized carbons (Fsp3) is 0.333. The van der Waals surface area contributed by atoms with E-state index in [9.17, 15) is 9.59 Å². The molecule has 0 fully saturated rings. The SMILES string of the molecule is CCC(C)c1ccccc1NC(=O)C(C)OC(=O)c1cccc(OC)c1. The van der Waals surface area contributed by atoms with Crippen LogP contribution in [0.5, 0.6) is 5.75 Å². The summed E-state index contributed by atoms with van der Waals surface area (Å²) in [5, 5.41) is 2.86. The van der Waals surface area contributed by atoms with Gasteiger partial charge in [-0.2, -0.15) is 0 Å². The molecule has 0 spiro atoms. The lowest BCUT2D eigenvalue weighted by atomic mass is 9.97. The number of nitrogens with one attached hydrogen (secondary N) is 1. The van der Waals surface area contributed by atoms with Crippen molar-refractivity contribution in [2.75, 3.05) is 12.4 Å². The van der Waals surface area contributed by atoms with Crippen LogP contribution in [0.1, 0.15) is 49.0 Å². The van der Waals surface area contributed by atoms with Crippen LogP contribution >= 0.6 is 0 Å². The summed E-state index contributed by atoms with van der Waals surface area (Å²) < 4.78 is 10.4. The fourth-order valence-corrected chi connectivity index (χ4v) is 2.53. The molecular formula is C21H25NO4. The van der Waals surface area contributed by atoms with Gasteiger partial charge in [-0.05, 0) is 49.1 Å². The number of carbonyl (C=O) groups is 2. The van der Waals surface area contributed by atoms with Crippen LogP contribution in [-0.4, -0.2) is 25.1 Å². The molecule has 26 heavy (non-hydrogen) atoms. The van der Waals surface area contributed by atoms with Crippen molar-refractivity contribution >= 4 is 17.6 Å². The Kier molecular flexibility index (Phi) is 6.78. The van der Waals surface area contributed by atoms with Crippen LogP contribution in [0.25, 0.3) is 0 Å². The molecule has 1 amide bonds. The molecule has 2 unspecified atom stereocenters. The van der Waals surface area contributed by atoms with Gasteiger partial charge in [-0.1, -0.05) is 38.1 Å². The average molecular weight is 355 g/mol. The lowest BCUT2D eigenvalue weighted by molar-refractivity contribution is -0.123. The van der Waals surface area contributed by atoms with Crippen LogP contribution in [0.15, 0.2) is 48.5 Å². The van der Waals surface area contributed by atoms with E-state index in [0.29, 0.717) is 17.2 Å². The van der Waals surface area contributed by atoms with E-state index in [1.54, 1.807) is 31.2 Å². The standard InChI is InChI=1S/C21H25NO4/c1-5-14(2)18-11-6-7-12-19(18)22-20(23)15(3)26-21(24)16-9-8-10-17(13-16)25-4/h6-15H,5H2,1-4H3,(H,22,23). The molecular weight excluding hydrogens is 330 g/mol. The normalized spacial score (nSPS) is 12.8. The Hall–Kier alpha value is -2.82. The van der Waals surface area contributed by atoms with Crippen molar-refractivity contribution in [3.05, 3.63) is 59.7 Å². The van der Waals surface area contributed by atoms with Crippen LogP contribution in [0.2, 0.25) is 0 Å². The molecule has 5 heteroatoms. The second kappa shape index (κ2) is 9.04. The summed E-state index contributed by atoms with van der Waals surface area (Å²) in [6.07, 6.45) is 0.0477. The molecule has 5 nitrogen and oxygen atoms in total. The van der Waals surface area contributed by atoms with E-state index < -0.39 is 12.1 Å². The maximum Gasteiger partial charge on any atom is 0.339 e. The number of hydrogen-bond acceptors (Lipinski definition) is 4. The molecule has 0 saturated carbocycles. The number of rotatable bonds is 7. The van der Waals surface area contributed by atoms with Gasteiger partial charge in [0.2, 0.25) is 0 Å². The molecule has 0 bridgehead atoms. The number of methoxy groups -OCH3 is 1. The lowest BCUT2D eigenvalue weighted by Crippen LogP contribution is -2.30. The Labute approximate surface area is 154 Å². The van der Waals surface area contributed by atoms with Crippen LogP contribution in [0, 0.1) is 0 Å². The first-order valence-corrected chi connectivity index (χ1v) is 8.71. The van der Waals surface area contributed by atoms with Crippen molar-refractivity contribution in [2.45, 2.75) is 39.2 Å². The van der Waals surface area contributed by atoms with E-state index in [2.05, 4.69) is 19.2 Å². The van der Waals surface area contributed by atoms with Crippen molar-refractivity contribution in [1.29, 1.82) is 0 Å². The first-order valence-electron chi connectivity index (χ1n) is 8.71. The molecule has 0 aliphatic heterocycles. The second-order valence-corrected chi connectivity index (χ2v) is 6.17. The topological polar surface area (TPSA) is 64.6 Å². The van der Waals surface area contributed by atoms with Crippen molar-refractivity contribution in [3.63, 3.8) is 0 Å². The summed E-state index contributed by atoms with van der Waals surface area (Å²) in [5.74, 6) is -0.0565. The van der Waals surface area contributed by atoms with Gasteiger partial charge in [0, 0.05) is 5.69 Å². The number of anilines is 1. The first-order chi connectivity index (χ1) is 12.5. The highest BCUT2D eigenvalue weighted by Gasteiger charge is 2.20. The van der Waals surface area contributed by atoms with Gasteiger partial charge in [-0.25, -0.2) is 4.79 Å². The summed E-state index contributed by atoms with van der Waals surface area (Å²) in [6, 6.07) is 14.3. The number of para-hydroxylation sites is 1. The quantitative estimate of drug-likeness (QED) is 0.748. The molecule has 2 rings (SSSR count). The van der Waals surface area contributed by atoms with Crippen molar-refractivity contribution in [1.82, 2.24) is 0 Å². The van der Waals surface area contributed by atoms with E-state index in [4.69, 9.17) is 9.47 Å². The van der Waals surface area contributed by atoms with E-state index in [1.165, 1.54) is 7.11 Å². The highest BCUT2D eigenvalue weighted by Crippen LogP contribution is 2.26. The fourth-order valence-electron chi connectivity index (χ4n) is 2.53. The Balaban J connectivity index is 2.05. The minimum Gasteiger partial charge on any atom is -0.497 e. The van der Waals surface area contributed by atoms with Gasteiger partial charge in [-0.3, -0.25) is 4.79 Å². The third kappa shape index (κ3) is 4.85. The molecule has 1 N–H and O–H groups in total. The highest BCUT2D eigenvalue weighted by atomic mass is 16.5. The zero-order valence-electron chi connectivity index (χ0n) is 15.6. The molecule has 0 aromatic heterocycles. The van der Waals surface area contributed by atoms with Crippen LogP contribution in [0.3, 0.4) is 0 Å². The van der Waals surface area contributed by atoms with Gasteiger partial charge in [0.15, 0.2) is 6.10 Å². The molecule has 0 radical (unpaired) electrons. The van der Waals surface area contributed by atoms with E-state index >= 15 is 0 Å². The van der Waals surface area contributed by atoms with Crippen molar-refractivity contribution < 1.29 is 19.1 Å². The predicted octanol–water partition coefficient (Wildman–Crippen LogP) is 4.39. The van der Waals surface area contributed by atoms with Gasteiger partial charge in [-0.15, -0.1) is 0 Å². The van der Waals surface area contributed by atoms with Gasteiger partial charge in [0.25, 0.3) is 5.91 Å². The predicted molar refractivity (Wildman–Crippen MR) is 102 cm³/mol. The largest absolute Gasteiger partial charge is 0.497 e. The summed E-state index contributed by atoms with van der Waals surface area (Å²) in [4.78, 5) is 24.7. The number of amides is 1. The summed E-state index contributed by atoms with van der Waals surface area (Å²) in [6.45, 7) is 5.76. The smallest absolute Gasteiger partial charge is 0.339 e. The zero-order chi connectivity index (χ0) is 19.1. The molecule has 0 saturated heterocycles. The molecule has 0 heterocycles. The van der Waals surface area contributed by atoms with Crippen molar-refractivity contribution in [3.8, 4) is 5.75 Å². The average Bonchev–Trinajstić information content (AvgIpc) is 2.67. The van der Waals surface area contributed by atoms with Gasteiger partial charge in [0.05, 0.1) is 12.7 Å². The third-order valence-electron chi connectivity index (χ3n) is 4.32. The minimum atomic E-state index is -0.918. The minimum absolute atomic E-state index is 0.321. The molecule has 0 aliphatic carbocycles. The maximum atomic E-state index is 12.5. The highest BCUT2D eigenvalue weighted by molar-refractivity contribution is 5.97. The first kappa shape index (κ1) is 19.5. The van der Waals surface area contributed by atoms with E-state index in [-0.39, 0.29) is 5.91 Å². The van der Waals surface area contributed by atoms with E-state index in [0.717, 1.165) is 17.7 Å². The van der Waals surface area contributed by atoms with Gasteiger partial charge in [0.1, 0.15) is 5.75 Å². The third-order valence-corrected chi connectivity index (χ3v) is 4.32. The molecule has 0 aliphatic rings. The maximum absolute atomic E-state index is 12.5. The lowest BCUT2D eigenvalue weighted by Gasteiger charge is -2.18. The Morgan fingerprint density at radius 1 is 1.08 bits per heavy atom.